The zero-order valence-electron chi connectivity index (χ0n) is 9.68. The van der Waals surface area contributed by atoms with Crippen molar-refractivity contribution in [2.24, 2.45) is 7.05 Å². The van der Waals surface area contributed by atoms with Crippen molar-refractivity contribution in [1.82, 2.24) is 14.7 Å². The molecule has 0 amide bonds. The van der Waals surface area contributed by atoms with Crippen LogP contribution >= 0.6 is 0 Å². The number of carboxylic acids is 1. The van der Waals surface area contributed by atoms with Crippen molar-refractivity contribution in [2.45, 2.75) is 31.8 Å². The highest BCUT2D eigenvalue weighted by atomic mass is 16.4. The van der Waals surface area contributed by atoms with Crippen LogP contribution in [-0.2, 0) is 13.6 Å². The Hall–Kier alpha value is -1.36. The summed E-state index contributed by atoms with van der Waals surface area (Å²) in [6.07, 6.45) is 5.14. The predicted octanol–water partition coefficient (Wildman–Crippen LogP) is 1.10. The van der Waals surface area contributed by atoms with Crippen LogP contribution in [0, 0.1) is 0 Å². The van der Waals surface area contributed by atoms with Crippen molar-refractivity contribution >= 4 is 5.97 Å². The molecule has 16 heavy (non-hydrogen) atoms. The smallest absolute Gasteiger partial charge is 0.339 e. The largest absolute Gasteiger partial charge is 0.478 e. The fourth-order valence-corrected chi connectivity index (χ4v) is 2.02. The van der Waals surface area contributed by atoms with E-state index in [-0.39, 0.29) is 0 Å². The molecule has 0 radical (unpaired) electrons. The van der Waals surface area contributed by atoms with Gasteiger partial charge in [0.15, 0.2) is 0 Å². The molecule has 1 saturated carbocycles. The van der Waals surface area contributed by atoms with E-state index in [1.807, 2.05) is 7.05 Å². The molecule has 0 bridgehead atoms. The highest BCUT2D eigenvalue weighted by Gasteiger charge is 2.24. The molecule has 0 atom stereocenters. The van der Waals surface area contributed by atoms with Crippen LogP contribution in [0.1, 0.15) is 35.3 Å². The van der Waals surface area contributed by atoms with Crippen LogP contribution < -0.4 is 0 Å². The van der Waals surface area contributed by atoms with Crippen LogP contribution in [0.4, 0.5) is 0 Å². The quantitative estimate of drug-likeness (QED) is 0.830. The van der Waals surface area contributed by atoms with E-state index in [0.29, 0.717) is 18.2 Å². The topological polar surface area (TPSA) is 58.4 Å². The van der Waals surface area contributed by atoms with Gasteiger partial charge in [-0.3, -0.25) is 9.58 Å². The van der Waals surface area contributed by atoms with Gasteiger partial charge in [0.1, 0.15) is 5.56 Å². The van der Waals surface area contributed by atoms with Crippen LogP contribution in [-0.4, -0.2) is 38.8 Å². The maximum atomic E-state index is 11.0. The van der Waals surface area contributed by atoms with E-state index in [9.17, 15) is 4.79 Å². The molecule has 1 aromatic heterocycles. The predicted molar refractivity (Wildman–Crippen MR) is 59.3 cm³/mol. The number of hydrogen-bond acceptors (Lipinski definition) is 3. The molecule has 1 aliphatic carbocycles. The number of nitrogens with zero attached hydrogens (tertiary/aromatic N) is 3. The van der Waals surface area contributed by atoms with Gasteiger partial charge in [-0.15, -0.1) is 0 Å². The van der Waals surface area contributed by atoms with Gasteiger partial charge in [0.05, 0.1) is 11.9 Å². The number of aryl methyl sites for hydroxylation is 1. The van der Waals surface area contributed by atoms with E-state index >= 15 is 0 Å². The molecule has 1 N–H and O–H groups in total. The summed E-state index contributed by atoms with van der Waals surface area (Å²) in [5.41, 5.74) is 1.09. The molecule has 0 spiro atoms. The van der Waals surface area contributed by atoms with Crippen molar-refractivity contribution in [3.63, 3.8) is 0 Å². The minimum Gasteiger partial charge on any atom is -0.478 e. The number of carbonyl (C=O) groups is 1. The third kappa shape index (κ3) is 1.95. The summed E-state index contributed by atoms with van der Waals surface area (Å²) in [6.45, 7) is 0.656. The van der Waals surface area contributed by atoms with Crippen molar-refractivity contribution in [3.8, 4) is 0 Å². The molecule has 2 rings (SSSR count). The average Bonchev–Trinajstić information content (AvgIpc) is 2.45. The SMILES string of the molecule is CN(Cc1c(C(=O)O)cnn1C)C1CCC1. The van der Waals surface area contributed by atoms with Crippen molar-refractivity contribution in [1.29, 1.82) is 0 Å². The highest BCUT2D eigenvalue weighted by molar-refractivity contribution is 5.88. The lowest BCUT2D eigenvalue weighted by molar-refractivity contribution is 0.0692. The molecule has 1 fully saturated rings. The Morgan fingerprint density at radius 2 is 2.38 bits per heavy atom. The zero-order chi connectivity index (χ0) is 11.7. The Morgan fingerprint density at radius 1 is 1.69 bits per heavy atom. The molecule has 1 aliphatic rings. The third-order valence-corrected chi connectivity index (χ3v) is 3.39. The first-order chi connectivity index (χ1) is 7.59. The Bertz CT molecular complexity index is 396. The van der Waals surface area contributed by atoms with E-state index in [1.165, 1.54) is 25.5 Å². The number of aromatic nitrogens is 2. The van der Waals surface area contributed by atoms with Gasteiger partial charge < -0.3 is 5.11 Å². The van der Waals surface area contributed by atoms with Gasteiger partial charge >= 0.3 is 5.97 Å². The lowest BCUT2D eigenvalue weighted by atomic mass is 9.92. The molecular formula is C11H17N3O2. The van der Waals surface area contributed by atoms with E-state index < -0.39 is 5.97 Å². The second-order valence-corrected chi connectivity index (χ2v) is 4.43. The van der Waals surface area contributed by atoms with Crippen LogP contribution in [0.15, 0.2) is 6.20 Å². The molecule has 0 saturated heterocycles. The van der Waals surface area contributed by atoms with Gasteiger partial charge in [-0.1, -0.05) is 6.42 Å². The van der Waals surface area contributed by atoms with E-state index in [1.54, 1.807) is 11.7 Å². The lowest BCUT2D eigenvalue weighted by Gasteiger charge is -2.34. The zero-order valence-corrected chi connectivity index (χ0v) is 9.68. The second-order valence-electron chi connectivity index (χ2n) is 4.43. The summed E-state index contributed by atoms with van der Waals surface area (Å²) in [5.74, 6) is -0.898. The third-order valence-electron chi connectivity index (χ3n) is 3.39. The van der Waals surface area contributed by atoms with E-state index in [2.05, 4.69) is 10.00 Å². The molecule has 1 aromatic rings. The number of hydrogen-bond donors (Lipinski definition) is 1. The Kier molecular flexibility index (Phi) is 2.96. The average molecular weight is 223 g/mol. The Balaban J connectivity index is 2.12. The van der Waals surface area contributed by atoms with Gasteiger partial charge in [0.25, 0.3) is 0 Å². The Morgan fingerprint density at radius 3 is 2.88 bits per heavy atom. The van der Waals surface area contributed by atoms with Crippen LogP contribution in [0.3, 0.4) is 0 Å². The Labute approximate surface area is 94.7 Å². The maximum Gasteiger partial charge on any atom is 0.339 e. The minimum atomic E-state index is -0.898. The van der Waals surface area contributed by atoms with Crippen molar-refractivity contribution in [3.05, 3.63) is 17.5 Å². The molecule has 5 heteroatoms. The first-order valence-corrected chi connectivity index (χ1v) is 5.54. The number of aromatic carboxylic acids is 1. The normalized spacial score (nSPS) is 16.4. The minimum absolute atomic E-state index is 0.314. The summed E-state index contributed by atoms with van der Waals surface area (Å²) in [4.78, 5) is 13.2. The summed E-state index contributed by atoms with van der Waals surface area (Å²) in [7, 11) is 3.83. The molecule has 0 aliphatic heterocycles. The fraction of sp³-hybridized carbons (Fsp3) is 0.636. The molecular weight excluding hydrogens is 206 g/mol. The monoisotopic (exact) mass is 223 g/mol. The van der Waals surface area contributed by atoms with Gasteiger partial charge in [-0.05, 0) is 19.9 Å². The van der Waals surface area contributed by atoms with E-state index in [0.717, 1.165) is 5.69 Å². The maximum absolute atomic E-state index is 11.0. The summed E-state index contributed by atoms with van der Waals surface area (Å²) >= 11 is 0. The second kappa shape index (κ2) is 4.25. The van der Waals surface area contributed by atoms with E-state index in [4.69, 9.17) is 5.11 Å². The summed E-state index contributed by atoms with van der Waals surface area (Å²) in [6, 6.07) is 0.608. The van der Waals surface area contributed by atoms with Crippen LogP contribution in [0.25, 0.3) is 0 Å². The first-order valence-electron chi connectivity index (χ1n) is 5.54. The van der Waals surface area contributed by atoms with Gasteiger partial charge in [-0.25, -0.2) is 4.79 Å². The van der Waals surface area contributed by atoms with Gasteiger partial charge in [-0.2, -0.15) is 5.10 Å². The van der Waals surface area contributed by atoms with Gasteiger partial charge in [0, 0.05) is 19.6 Å². The lowest BCUT2D eigenvalue weighted by Crippen LogP contribution is -2.37. The molecule has 5 nitrogen and oxygen atoms in total. The van der Waals surface area contributed by atoms with Crippen LogP contribution in [0.5, 0.6) is 0 Å². The van der Waals surface area contributed by atoms with Gasteiger partial charge in [0.2, 0.25) is 0 Å². The molecule has 1 heterocycles. The van der Waals surface area contributed by atoms with Crippen molar-refractivity contribution < 1.29 is 9.90 Å². The fourth-order valence-electron chi connectivity index (χ4n) is 2.02. The molecule has 88 valence electrons. The number of carboxylic acid groups (broad SMARTS) is 1. The molecule has 0 aromatic carbocycles. The summed E-state index contributed by atoms with van der Waals surface area (Å²) < 4.78 is 1.65. The highest BCUT2D eigenvalue weighted by Crippen LogP contribution is 2.25. The number of rotatable bonds is 4. The van der Waals surface area contributed by atoms with Crippen LogP contribution in [0.2, 0.25) is 0 Å². The first kappa shape index (κ1) is 11.1. The standard InChI is InChI=1S/C11H17N3O2/c1-13(8-4-3-5-8)7-10-9(11(15)16)6-12-14(10)2/h6,8H,3-5,7H2,1-2H3,(H,15,16). The van der Waals surface area contributed by atoms with Crippen molar-refractivity contribution in [2.75, 3.05) is 7.05 Å². The molecule has 0 unspecified atom stereocenters. The summed E-state index contributed by atoms with van der Waals surface area (Å²) in [5, 5.41) is 13.0.